The second kappa shape index (κ2) is 21.7. The number of fused-ring (bicyclic) bond motifs is 3. The van der Waals surface area contributed by atoms with Gasteiger partial charge in [-0.05, 0) is 175 Å². The number of imide groups is 1. The molecule has 3 fully saturated rings. The monoisotopic (exact) mass is 1060 g/mol. The molecule has 16 heteroatoms. The van der Waals surface area contributed by atoms with E-state index in [1.54, 1.807) is 0 Å². The molecule has 3 aromatic heterocycles. The lowest BCUT2D eigenvalue weighted by Gasteiger charge is -2.39. The van der Waals surface area contributed by atoms with Crippen molar-refractivity contribution in [2.75, 3.05) is 47.8 Å². The molecule has 0 spiro atoms. The van der Waals surface area contributed by atoms with Gasteiger partial charge >= 0.3 is 5.97 Å². The summed E-state index contributed by atoms with van der Waals surface area (Å²) in [6.07, 6.45) is 8.46. The number of carbonyl (C=O) groups excluding carboxylic acids is 4. The number of thiazole rings is 1. The fourth-order valence-corrected chi connectivity index (χ4v) is 12.8. The number of piperidine rings is 1. The van der Waals surface area contributed by atoms with E-state index in [9.17, 15) is 19.2 Å². The van der Waals surface area contributed by atoms with E-state index in [0.29, 0.717) is 60.0 Å². The summed E-state index contributed by atoms with van der Waals surface area (Å²) in [5, 5.41) is 11.8. The third-order valence-corrected chi connectivity index (χ3v) is 17.1. The summed E-state index contributed by atoms with van der Waals surface area (Å²) in [5.41, 5.74) is 8.51. The van der Waals surface area contributed by atoms with Gasteiger partial charge in [0.2, 0.25) is 11.8 Å². The Labute approximate surface area is 454 Å². The number of ether oxygens (including phenoxy) is 2. The maximum Gasteiger partial charge on any atom is 0.358 e. The highest BCUT2D eigenvalue weighted by Gasteiger charge is 2.33. The lowest BCUT2D eigenvalue weighted by atomic mass is 9.83. The molecule has 15 nitrogen and oxygen atoms in total. The summed E-state index contributed by atoms with van der Waals surface area (Å²) < 4.78 is 15.5. The van der Waals surface area contributed by atoms with Crippen molar-refractivity contribution in [3.8, 4) is 16.9 Å². The summed E-state index contributed by atoms with van der Waals surface area (Å²) in [7, 11) is 1.93. The van der Waals surface area contributed by atoms with Crippen LogP contribution in [0.15, 0.2) is 91.0 Å². The number of anilines is 3. The first-order valence-corrected chi connectivity index (χ1v) is 28.3. The molecule has 1 saturated carbocycles. The third kappa shape index (κ3) is 11.3. The number of amides is 3. The summed E-state index contributed by atoms with van der Waals surface area (Å²) in [6, 6.07) is 30.7. The molecular formula is C61H69N9O6S. The Kier molecular flexibility index (Phi) is 14.6. The number of rotatable bonds is 13. The van der Waals surface area contributed by atoms with Gasteiger partial charge in [0.05, 0.1) is 33.4 Å². The molecule has 4 aromatic carbocycles. The molecule has 2 N–H and O–H groups in total. The lowest BCUT2D eigenvalue weighted by molar-refractivity contribution is -0.134. The van der Waals surface area contributed by atoms with E-state index in [4.69, 9.17) is 19.6 Å². The van der Waals surface area contributed by atoms with Crippen LogP contribution in [0.2, 0.25) is 0 Å². The molecule has 4 aliphatic rings. The standard InChI is InChI=1S/C61H69N9O6S/c1-37-34-43(75-42-19-16-39(17-20-42)15-14-38(2)68-30-32-69(33-31-68)41-18-22-47-51(35-41)67(6)66-55(47)48-25-27-54(71)64-58(48)73)21-23-44(37)45-24-26-53(63-56(45)59(74)76-61(3,4)5)70-29-28-40-10-9-11-46(49(40)36-70)57(72)65-60-62-50-12-7-8-13-52(50)77-60/h7-13,18,21-24,26,34-35,38-39,42,48H,14-17,19-20,25,27-33,36H2,1-6H3,(H,62,65,72)(H,64,71,73)/t38-,39?,42?,48?/m0/s1. The molecule has 2 atom stereocenters. The molecular weight excluding hydrogens is 987 g/mol. The van der Waals surface area contributed by atoms with Crippen LogP contribution >= 0.6 is 11.3 Å². The Morgan fingerprint density at radius 1 is 0.844 bits per heavy atom. The summed E-state index contributed by atoms with van der Waals surface area (Å²) in [4.78, 5) is 69.1. The van der Waals surface area contributed by atoms with Crippen molar-refractivity contribution >= 4 is 72.8 Å². The fourth-order valence-electron chi connectivity index (χ4n) is 11.9. The number of piperazine rings is 1. The normalized spacial score (nSPS) is 19.7. The SMILES string of the molecule is Cc1cc(OC2CCC(CC[C@H](C)N3CCN(c4ccc5c(C6CCC(=O)NC6=O)nn(C)c5c4)CC3)CC2)ccc1-c1ccc(N2CCc3cccc(C(=O)Nc4nc5ccccc5s4)c3C2)nc1C(=O)OC(C)(C)C. The number of benzene rings is 4. The Morgan fingerprint density at radius 3 is 2.40 bits per heavy atom. The van der Waals surface area contributed by atoms with Crippen molar-refractivity contribution in [2.45, 2.75) is 123 Å². The zero-order valence-corrected chi connectivity index (χ0v) is 45.9. The van der Waals surface area contributed by atoms with E-state index < -0.39 is 17.5 Å². The van der Waals surface area contributed by atoms with E-state index >= 15 is 0 Å². The fraction of sp³-hybridized carbons (Fsp3) is 0.426. The molecule has 11 rings (SSSR count). The van der Waals surface area contributed by atoms with Gasteiger partial charge < -0.3 is 19.3 Å². The minimum absolute atomic E-state index is 0.156. The molecule has 0 bridgehead atoms. The average molecular weight is 1060 g/mol. The van der Waals surface area contributed by atoms with Crippen molar-refractivity contribution in [1.82, 2.24) is 30.0 Å². The average Bonchev–Trinajstić information content (AvgIpc) is 4.02. The van der Waals surface area contributed by atoms with Gasteiger partial charge in [0, 0.05) is 81.0 Å². The minimum atomic E-state index is -0.725. The number of aryl methyl sites for hydroxylation is 2. The number of para-hydroxylation sites is 1. The first-order chi connectivity index (χ1) is 37.1. The van der Waals surface area contributed by atoms with Crippen molar-refractivity contribution in [3.05, 3.63) is 125 Å². The van der Waals surface area contributed by atoms with Gasteiger partial charge in [-0.3, -0.25) is 34.6 Å². The van der Waals surface area contributed by atoms with Gasteiger partial charge in [0.1, 0.15) is 17.2 Å². The Balaban J connectivity index is 0.683. The topological polar surface area (TPSA) is 164 Å². The van der Waals surface area contributed by atoms with Crippen LogP contribution < -0.4 is 25.2 Å². The van der Waals surface area contributed by atoms with Crippen LogP contribution in [-0.4, -0.2) is 98.8 Å². The molecule has 7 aromatic rings. The van der Waals surface area contributed by atoms with Gasteiger partial charge in [0.15, 0.2) is 10.8 Å². The van der Waals surface area contributed by atoms with Crippen LogP contribution in [0.25, 0.3) is 32.2 Å². The maximum absolute atomic E-state index is 14.0. The van der Waals surface area contributed by atoms with E-state index in [2.05, 4.69) is 74.5 Å². The molecule has 3 amide bonds. The van der Waals surface area contributed by atoms with Crippen LogP contribution in [0.3, 0.4) is 0 Å². The number of carbonyl (C=O) groups is 4. The predicted octanol–water partition coefficient (Wildman–Crippen LogP) is 10.8. The van der Waals surface area contributed by atoms with Gasteiger partial charge in [-0.1, -0.05) is 41.7 Å². The number of aromatic nitrogens is 4. The van der Waals surface area contributed by atoms with Gasteiger partial charge in [0.25, 0.3) is 5.91 Å². The number of esters is 1. The highest BCUT2D eigenvalue weighted by Crippen LogP contribution is 2.38. The van der Waals surface area contributed by atoms with Crippen LogP contribution in [0.4, 0.5) is 16.6 Å². The number of hydrogen-bond donors (Lipinski definition) is 2. The van der Waals surface area contributed by atoms with Crippen molar-refractivity contribution in [2.24, 2.45) is 13.0 Å². The third-order valence-electron chi connectivity index (χ3n) is 16.1. The Morgan fingerprint density at radius 2 is 1.64 bits per heavy atom. The number of pyridine rings is 1. The van der Waals surface area contributed by atoms with Gasteiger partial charge in [-0.2, -0.15) is 5.10 Å². The van der Waals surface area contributed by atoms with Crippen molar-refractivity contribution in [1.29, 1.82) is 0 Å². The second-order valence-corrected chi connectivity index (χ2v) is 23.6. The molecule has 400 valence electrons. The van der Waals surface area contributed by atoms with Gasteiger partial charge in [-0.15, -0.1) is 0 Å². The molecule has 1 unspecified atom stereocenters. The van der Waals surface area contributed by atoms with E-state index in [1.807, 2.05) is 93.2 Å². The van der Waals surface area contributed by atoms with Gasteiger partial charge in [-0.25, -0.2) is 14.8 Å². The van der Waals surface area contributed by atoms with Crippen LogP contribution in [-0.2, 0) is 34.3 Å². The Bertz CT molecular complexity index is 3350. The number of nitrogens with one attached hydrogen (secondary N) is 2. The van der Waals surface area contributed by atoms with Crippen LogP contribution in [0.5, 0.6) is 5.75 Å². The number of hydrogen-bond acceptors (Lipinski definition) is 13. The van der Waals surface area contributed by atoms with Crippen molar-refractivity contribution < 1.29 is 28.7 Å². The molecule has 0 radical (unpaired) electrons. The smallest absolute Gasteiger partial charge is 0.358 e. The summed E-state index contributed by atoms with van der Waals surface area (Å²) in [6.45, 7) is 15.1. The zero-order valence-electron chi connectivity index (χ0n) is 45.1. The van der Waals surface area contributed by atoms with E-state index in [0.717, 1.165) is 113 Å². The van der Waals surface area contributed by atoms with E-state index in [-0.39, 0.29) is 29.5 Å². The highest BCUT2D eigenvalue weighted by molar-refractivity contribution is 7.22. The largest absolute Gasteiger partial charge is 0.490 e. The summed E-state index contributed by atoms with van der Waals surface area (Å²) >= 11 is 1.45. The highest BCUT2D eigenvalue weighted by atomic mass is 32.1. The van der Waals surface area contributed by atoms with Crippen molar-refractivity contribution in [3.63, 3.8) is 0 Å². The quantitative estimate of drug-likeness (QED) is 0.0831. The first-order valence-electron chi connectivity index (χ1n) is 27.4. The lowest BCUT2D eigenvalue weighted by Crippen LogP contribution is -2.49. The maximum atomic E-state index is 14.0. The van der Waals surface area contributed by atoms with Crippen LogP contribution in [0.1, 0.15) is 128 Å². The first kappa shape index (κ1) is 51.9. The second-order valence-electron chi connectivity index (χ2n) is 22.5. The van der Waals surface area contributed by atoms with Crippen LogP contribution in [0, 0.1) is 12.8 Å². The summed E-state index contributed by atoms with van der Waals surface area (Å²) in [5.74, 6) is 0.594. The molecule has 1 aliphatic carbocycles. The molecule has 3 aliphatic heterocycles. The Hall–Kier alpha value is -7.17. The molecule has 6 heterocycles. The molecule has 2 saturated heterocycles. The van der Waals surface area contributed by atoms with E-state index in [1.165, 1.54) is 29.9 Å². The molecule has 77 heavy (non-hydrogen) atoms. The predicted molar refractivity (Wildman–Crippen MR) is 303 cm³/mol. The number of nitrogens with zero attached hydrogens (tertiary/aromatic N) is 7. The minimum Gasteiger partial charge on any atom is -0.490 e. The zero-order chi connectivity index (χ0) is 53.5.